The van der Waals surface area contributed by atoms with E-state index in [0.717, 1.165) is 34.6 Å². The lowest BCUT2D eigenvalue weighted by Crippen LogP contribution is -2.33. The molecule has 5 nitrogen and oxygen atoms in total. The zero-order chi connectivity index (χ0) is 23.2. The maximum Gasteiger partial charge on any atom is 0.214 e. The second kappa shape index (κ2) is 8.26. The Balaban J connectivity index is 1.45. The van der Waals surface area contributed by atoms with Gasteiger partial charge in [0.15, 0.2) is 11.5 Å². The van der Waals surface area contributed by atoms with Gasteiger partial charge in [-0.3, -0.25) is 0 Å². The average Bonchev–Trinajstić information content (AvgIpc) is 3.33. The zero-order valence-corrected chi connectivity index (χ0v) is 19.6. The van der Waals surface area contributed by atoms with Gasteiger partial charge in [0, 0.05) is 22.6 Å². The van der Waals surface area contributed by atoms with Crippen molar-refractivity contribution >= 4 is 28.1 Å². The van der Waals surface area contributed by atoms with Crippen LogP contribution in [0.2, 0.25) is 5.02 Å². The fourth-order valence-corrected chi connectivity index (χ4v) is 5.01. The van der Waals surface area contributed by atoms with E-state index in [1.807, 2.05) is 41.4 Å². The van der Waals surface area contributed by atoms with Gasteiger partial charge in [-0.15, -0.1) is 0 Å². The summed E-state index contributed by atoms with van der Waals surface area (Å²) in [6.07, 6.45) is 0.357. The summed E-state index contributed by atoms with van der Waals surface area (Å²) < 4.78 is 17.4. The molecule has 0 radical (unpaired) electrons. The predicted octanol–water partition coefficient (Wildman–Crippen LogP) is 6.75. The van der Waals surface area contributed by atoms with Crippen molar-refractivity contribution in [3.8, 4) is 17.2 Å². The van der Waals surface area contributed by atoms with Gasteiger partial charge in [-0.25, -0.2) is 5.01 Å². The van der Waals surface area contributed by atoms with Crippen LogP contribution in [0.15, 0.2) is 84.0 Å². The lowest BCUT2D eigenvalue weighted by atomic mass is 9.95. The lowest BCUT2D eigenvalue weighted by molar-refractivity contribution is -0.0191. The minimum absolute atomic E-state index is 0.0158. The van der Waals surface area contributed by atoms with Crippen molar-refractivity contribution in [3.63, 3.8) is 0 Å². The van der Waals surface area contributed by atoms with Crippen molar-refractivity contribution in [2.45, 2.75) is 18.7 Å². The number of nitrogens with zero attached hydrogens (tertiary/aromatic N) is 2. The molecule has 0 spiro atoms. The Morgan fingerprint density at radius 3 is 2.53 bits per heavy atom. The van der Waals surface area contributed by atoms with Crippen LogP contribution in [-0.2, 0) is 0 Å². The molecule has 0 saturated carbocycles. The topological polar surface area (TPSA) is 43.3 Å². The smallest absolute Gasteiger partial charge is 0.214 e. The maximum absolute atomic E-state index is 6.48. The number of halogens is 1. The molecule has 2 aliphatic rings. The van der Waals surface area contributed by atoms with Crippen LogP contribution < -0.4 is 14.2 Å². The number of methoxy groups -OCH3 is 2. The molecule has 0 bridgehead atoms. The van der Waals surface area contributed by atoms with Gasteiger partial charge in [0.25, 0.3) is 0 Å². The van der Waals surface area contributed by atoms with E-state index in [1.54, 1.807) is 14.2 Å². The molecule has 0 unspecified atom stereocenters. The molecule has 0 fully saturated rings. The van der Waals surface area contributed by atoms with E-state index < -0.39 is 6.23 Å². The lowest BCUT2D eigenvalue weighted by Gasteiger charge is -2.38. The second-order valence-corrected chi connectivity index (χ2v) is 8.91. The normalized spacial score (nSPS) is 18.7. The molecule has 0 aromatic heterocycles. The Bertz CT molecular complexity index is 1430. The maximum atomic E-state index is 6.48. The Morgan fingerprint density at radius 1 is 0.882 bits per heavy atom. The van der Waals surface area contributed by atoms with Gasteiger partial charge in [0.2, 0.25) is 6.23 Å². The Hall–Kier alpha value is -3.70. The molecule has 6 heteroatoms. The van der Waals surface area contributed by atoms with Crippen molar-refractivity contribution in [3.05, 3.63) is 101 Å². The van der Waals surface area contributed by atoms with Crippen LogP contribution in [0.25, 0.3) is 10.8 Å². The van der Waals surface area contributed by atoms with Crippen molar-refractivity contribution in [2.24, 2.45) is 5.10 Å². The molecule has 0 saturated heterocycles. The Kier molecular flexibility index (Phi) is 5.07. The Morgan fingerprint density at radius 2 is 1.71 bits per heavy atom. The quantitative estimate of drug-likeness (QED) is 0.331. The van der Waals surface area contributed by atoms with Crippen LogP contribution in [0, 0.1) is 0 Å². The fraction of sp³-hybridized carbons (Fsp3) is 0.179. The minimum atomic E-state index is -0.406. The van der Waals surface area contributed by atoms with E-state index in [1.165, 1.54) is 10.8 Å². The fourth-order valence-electron chi connectivity index (χ4n) is 4.83. The molecule has 2 heterocycles. The summed E-state index contributed by atoms with van der Waals surface area (Å²) >= 11 is 6.37. The number of hydrogen-bond acceptors (Lipinski definition) is 5. The summed E-state index contributed by atoms with van der Waals surface area (Å²) in [5.74, 6) is 2.15. The number of hydrazone groups is 1. The molecule has 0 aliphatic carbocycles. The predicted molar refractivity (Wildman–Crippen MR) is 134 cm³/mol. The van der Waals surface area contributed by atoms with Gasteiger partial charge in [-0.1, -0.05) is 48.0 Å². The average molecular weight is 471 g/mol. The molecule has 4 aromatic carbocycles. The van der Waals surface area contributed by atoms with Gasteiger partial charge < -0.3 is 14.2 Å². The van der Waals surface area contributed by atoms with E-state index in [4.69, 9.17) is 30.9 Å². The monoisotopic (exact) mass is 470 g/mol. The third-order valence-corrected chi connectivity index (χ3v) is 6.76. The van der Waals surface area contributed by atoms with E-state index in [0.29, 0.717) is 16.5 Å². The van der Waals surface area contributed by atoms with Gasteiger partial charge in [-0.05, 0) is 58.8 Å². The molecule has 0 N–H and O–H groups in total. The molecular formula is C28H23ClN2O3. The number of hydrogen-bond donors (Lipinski definition) is 0. The van der Waals surface area contributed by atoms with Crippen molar-refractivity contribution in [2.75, 3.05) is 14.2 Å². The highest BCUT2D eigenvalue weighted by Crippen LogP contribution is 2.49. The number of benzene rings is 4. The number of rotatable bonds is 4. The highest BCUT2D eigenvalue weighted by molar-refractivity contribution is 6.30. The van der Waals surface area contributed by atoms with Gasteiger partial charge >= 0.3 is 0 Å². The van der Waals surface area contributed by atoms with E-state index in [9.17, 15) is 0 Å². The molecule has 170 valence electrons. The summed E-state index contributed by atoms with van der Waals surface area (Å²) in [7, 11) is 3.26. The molecular weight excluding hydrogens is 448 g/mol. The molecule has 6 rings (SSSR count). The van der Waals surface area contributed by atoms with Gasteiger partial charge in [0.05, 0.1) is 26.0 Å². The first-order chi connectivity index (χ1) is 16.6. The summed E-state index contributed by atoms with van der Waals surface area (Å²) in [5.41, 5.74) is 4.12. The second-order valence-electron chi connectivity index (χ2n) is 8.48. The van der Waals surface area contributed by atoms with E-state index >= 15 is 0 Å². The molecule has 34 heavy (non-hydrogen) atoms. The van der Waals surface area contributed by atoms with Crippen molar-refractivity contribution in [1.82, 2.24) is 5.01 Å². The SMILES string of the molecule is COc1ccc([C@@H]2Oc3ccc(Cl)cc3[C@@H]3CC(c4ccc5ccccc5c4)=NN32)cc1OC. The van der Waals surface area contributed by atoms with E-state index in [2.05, 4.69) is 42.5 Å². The first kappa shape index (κ1) is 20.9. The standard InChI is InChI=1S/C28H23ClN2O3/c1-32-26-11-9-20(14-27(26)33-2)28-31-24(22-15-21(29)10-12-25(22)34-28)16-23(30-31)19-8-7-17-5-3-4-6-18(17)13-19/h3-15,24,28H,16H2,1-2H3/t24-,28-/m0/s1. The summed E-state index contributed by atoms with van der Waals surface area (Å²) in [6.45, 7) is 0. The Labute approximate surface area is 203 Å². The number of fused-ring (bicyclic) bond motifs is 4. The van der Waals surface area contributed by atoms with Crippen LogP contribution in [0.1, 0.15) is 35.4 Å². The van der Waals surface area contributed by atoms with Crippen LogP contribution in [0.5, 0.6) is 17.2 Å². The van der Waals surface area contributed by atoms with Crippen LogP contribution in [0.3, 0.4) is 0 Å². The highest BCUT2D eigenvalue weighted by Gasteiger charge is 2.41. The number of ether oxygens (including phenoxy) is 3. The van der Waals surface area contributed by atoms with Gasteiger partial charge in [0.1, 0.15) is 5.75 Å². The molecule has 2 atom stereocenters. The molecule has 4 aromatic rings. The summed E-state index contributed by atoms with van der Waals surface area (Å²) in [4.78, 5) is 0. The summed E-state index contributed by atoms with van der Waals surface area (Å²) in [6, 6.07) is 26.5. The first-order valence-corrected chi connectivity index (χ1v) is 11.6. The van der Waals surface area contributed by atoms with Crippen molar-refractivity contribution in [1.29, 1.82) is 0 Å². The van der Waals surface area contributed by atoms with Crippen LogP contribution in [-0.4, -0.2) is 24.9 Å². The zero-order valence-electron chi connectivity index (χ0n) is 18.9. The summed E-state index contributed by atoms with van der Waals surface area (Å²) in [5, 5.41) is 10.2. The van der Waals surface area contributed by atoms with E-state index in [-0.39, 0.29) is 6.04 Å². The first-order valence-electron chi connectivity index (χ1n) is 11.2. The van der Waals surface area contributed by atoms with Crippen LogP contribution in [0.4, 0.5) is 0 Å². The third-order valence-electron chi connectivity index (χ3n) is 6.53. The van der Waals surface area contributed by atoms with Crippen LogP contribution >= 0.6 is 11.6 Å². The highest BCUT2D eigenvalue weighted by atomic mass is 35.5. The van der Waals surface area contributed by atoms with Crippen molar-refractivity contribution < 1.29 is 14.2 Å². The minimum Gasteiger partial charge on any atom is -0.493 e. The molecule has 2 aliphatic heterocycles. The third kappa shape index (κ3) is 3.44. The van der Waals surface area contributed by atoms with Gasteiger partial charge in [-0.2, -0.15) is 5.10 Å². The molecule has 0 amide bonds. The largest absolute Gasteiger partial charge is 0.493 e.